The average molecular weight is 317 g/mol. The van der Waals surface area contributed by atoms with Crippen LogP contribution in [0.5, 0.6) is 0 Å². The topological polar surface area (TPSA) is 127 Å². The molecule has 1 aromatic rings. The number of nitro groups is 1. The van der Waals surface area contributed by atoms with Gasteiger partial charge in [-0.1, -0.05) is 0 Å². The molecule has 0 aliphatic rings. The lowest BCUT2D eigenvalue weighted by Gasteiger charge is -2.15. The molecule has 21 heavy (non-hydrogen) atoms. The molecule has 2 unspecified atom stereocenters. The first-order valence-corrected chi connectivity index (χ1v) is 5.92. The fraction of sp³-hybridized carbons (Fsp3) is 0.333. The Morgan fingerprint density at radius 1 is 1.19 bits per heavy atom. The van der Waals surface area contributed by atoms with E-state index in [4.69, 9.17) is 5.73 Å². The van der Waals surface area contributed by atoms with Gasteiger partial charge in [-0.3, -0.25) is 19.7 Å². The van der Waals surface area contributed by atoms with Gasteiger partial charge in [0.2, 0.25) is 11.8 Å². The number of non-ortho nitro benzene ring substituents is 1. The quantitative estimate of drug-likeness (QED) is 0.547. The molecule has 1 aromatic carbocycles. The van der Waals surface area contributed by atoms with Crippen molar-refractivity contribution in [2.45, 2.75) is 25.9 Å². The molecule has 0 saturated carbocycles. The third-order valence-electron chi connectivity index (χ3n) is 2.51. The van der Waals surface area contributed by atoms with Crippen LogP contribution in [0.4, 0.5) is 11.4 Å². The van der Waals surface area contributed by atoms with Gasteiger partial charge in [-0.2, -0.15) is 0 Å². The van der Waals surface area contributed by atoms with E-state index in [1.165, 1.54) is 38.1 Å². The van der Waals surface area contributed by atoms with E-state index in [-0.39, 0.29) is 18.1 Å². The molecular weight excluding hydrogens is 300 g/mol. The molecule has 0 aromatic heterocycles. The van der Waals surface area contributed by atoms with Crippen LogP contribution in [0.15, 0.2) is 24.3 Å². The summed E-state index contributed by atoms with van der Waals surface area (Å²) in [5.41, 5.74) is 5.71. The summed E-state index contributed by atoms with van der Waals surface area (Å²) in [7, 11) is 0. The third kappa shape index (κ3) is 5.76. The number of anilines is 1. The smallest absolute Gasteiger partial charge is 0.269 e. The maximum atomic E-state index is 11.8. The molecule has 1 rings (SSSR count). The highest BCUT2D eigenvalue weighted by atomic mass is 35.5. The van der Waals surface area contributed by atoms with Gasteiger partial charge in [0, 0.05) is 17.8 Å². The van der Waals surface area contributed by atoms with Crippen LogP contribution >= 0.6 is 12.4 Å². The van der Waals surface area contributed by atoms with E-state index in [0.717, 1.165) is 0 Å². The van der Waals surface area contributed by atoms with E-state index in [1.807, 2.05) is 0 Å². The number of amides is 2. The zero-order chi connectivity index (χ0) is 15.3. The van der Waals surface area contributed by atoms with E-state index < -0.39 is 28.8 Å². The Balaban J connectivity index is 0.00000400. The Morgan fingerprint density at radius 3 is 2.14 bits per heavy atom. The van der Waals surface area contributed by atoms with Gasteiger partial charge in [0.15, 0.2) is 0 Å². The maximum absolute atomic E-state index is 11.8. The van der Waals surface area contributed by atoms with E-state index in [0.29, 0.717) is 5.69 Å². The van der Waals surface area contributed by atoms with Gasteiger partial charge >= 0.3 is 0 Å². The van der Waals surface area contributed by atoms with Crippen molar-refractivity contribution >= 4 is 35.6 Å². The third-order valence-corrected chi connectivity index (χ3v) is 2.51. The van der Waals surface area contributed by atoms with Gasteiger partial charge in [-0.05, 0) is 26.0 Å². The highest BCUT2D eigenvalue weighted by Gasteiger charge is 2.17. The Morgan fingerprint density at radius 2 is 1.71 bits per heavy atom. The lowest BCUT2D eigenvalue weighted by Crippen LogP contribution is -2.47. The number of hydrogen-bond donors (Lipinski definition) is 3. The predicted molar refractivity (Wildman–Crippen MR) is 80.2 cm³/mol. The molecule has 4 N–H and O–H groups in total. The minimum absolute atomic E-state index is 0. The molecule has 0 spiro atoms. The Kier molecular flexibility index (Phi) is 7.32. The zero-order valence-corrected chi connectivity index (χ0v) is 12.3. The molecule has 0 fully saturated rings. The second kappa shape index (κ2) is 8.18. The summed E-state index contributed by atoms with van der Waals surface area (Å²) >= 11 is 0. The molecule has 0 radical (unpaired) electrons. The number of nitro benzene ring substituents is 1. The molecule has 0 saturated heterocycles. The van der Waals surface area contributed by atoms with Gasteiger partial charge in [0.05, 0.1) is 11.0 Å². The van der Waals surface area contributed by atoms with Crippen molar-refractivity contribution < 1.29 is 14.5 Å². The summed E-state index contributed by atoms with van der Waals surface area (Å²) in [5.74, 6) is -0.871. The van der Waals surface area contributed by atoms with Crippen LogP contribution in [0.25, 0.3) is 0 Å². The fourth-order valence-corrected chi connectivity index (χ4v) is 1.33. The van der Waals surface area contributed by atoms with Crippen molar-refractivity contribution in [3.63, 3.8) is 0 Å². The van der Waals surface area contributed by atoms with Crippen molar-refractivity contribution in [3.05, 3.63) is 34.4 Å². The summed E-state index contributed by atoms with van der Waals surface area (Å²) < 4.78 is 0. The monoisotopic (exact) mass is 316 g/mol. The molecule has 9 heteroatoms. The number of carbonyl (C=O) groups excluding carboxylic acids is 2. The van der Waals surface area contributed by atoms with E-state index in [2.05, 4.69) is 10.6 Å². The lowest BCUT2D eigenvalue weighted by molar-refractivity contribution is -0.384. The number of nitrogens with zero attached hydrogens (tertiary/aromatic N) is 1. The Bertz CT molecular complexity index is 518. The highest BCUT2D eigenvalue weighted by Crippen LogP contribution is 2.15. The number of carbonyl (C=O) groups is 2. The first kappa shape index (κ1) is 18.8. The summed E-state index contributed by atoms with van der Waals surface area (Å²) in [6.07, 6.45) is 0. The number of nitrogens with one attached hydrogen (secondary N) is 2. The molecule has 0 heterocycles. The first-order valence-electron chi connectivity index (χ1n) is 5.92. The molecular formula is C12H17ClN4O4. The molecule has 2 atom stereocenters. The SMILES string of the molecule is CC(N)C(=O)NC(C)C(=O)Nc1ccc([N+](=O)[O-])cc1.Cl. The van der Waals surface area contributed by atoms with Crippen LogP contribution in [0.2, 0.25) is 0 Å². The minimum Gasteiger partial charge on any atom is -0.343 e. The fourth-order valence-electron chi connectivity index (χ4n) is 1.33. The van der Waals surface area contributed by atoms with Crippen molar-refractivity contribution in [2.75, 3.05) is 5.32 Å². The van der Waals surface area contributed by atoms with Crippen LogP contribution in [-0.2, 0) is 9.59 Å². The van der Waals surface area contributed by atoms with Gasteiger partial charge in [-0.25, -0.2) is 0 Å². The minimum atomic E-state index is -0.760. The molecule has 0 aliphatic heterocycles. The number of halogens is 1. The van der Waals surface area contributed by atoms with Crippen LogP contribution < -0.4 is 16.4 Å². The van der Waals surface area contributed by atoms with Crippen LogP contribution in [0.1, 0.15) is 13.8 Å². The van der Waals surface area contributed by atoms with E-state index in [9.17, 15) is 19.7 Å². The molecule has 8 nitrogen and oxygen atoms in total. The first-order chi connectivity index (χ1) is 9.31. The molecule has 116 valence electrons. The summed E-state index contributed by atoms with van der Waals surface area (Å²) in [6.45, 7) is 3.03. The van der Waals surface area contributed by atoms with E-state index >= 15 is 0 Å². The maximum Gasteiger partial charge on any atom is 0.269 e. The summed E-state index contributed by atoms with van der Waals surface area (Å²) in [5, 5.41) is 15.5. The summed E-state index contributed by atoms with van der Waals surface area (Å²) in [4.78, 5) is 33.1. The van der Waals surface area contributed by atoms with Crippen LogP contribution in [0, 0.1) is 10.1 Å². The van der Waals surface area contributed by atoms with Crippen molar-refractivity contribution in [1.82, 2.24) is 5.32 Å². The van der Waals surface area contributed by atoms with Gasteiger partial charge < -0.3 is 16.4 Å². The Hall–Kier alpha value is -2.19. The Labute approximate surface area is 127 Å². The van der Waals surface area contributed by atoms with E-state index in [1.54, 1.807) is 0 Å². The molecule has 0 aliphatic carbocycles. The largest absolute Gasteiger partial charge is 0.343 e. The zero-order valence-electron chi connectivity index (χ0n) is 11.5. The number of nitrogens with two attached hydrogens (primary N) is 1. The lowest BCUT2D eigenvalue weighted by atomic mass is 10.2. The van der Waals surface area contributed by atoms with Gasteiger partial charge in [-0.15, -0.1) is 12.4 Å². The average Bonchev–Trinajstić information content (AvgIpc) is 2.38. The number of benzene rings is 1. The second-order valence-corrected chi connectivity index (χ2v) is 4.31. The standard InChI is InChI=1S/C12H16N4O4.ClH/c1-7(13)11(17)14-8(2)12(18)15-9-3-5-10(6-4-9)16(19)20;/h3-8H,13H2,1-2H3,(H,14,17)(H,15,18);1H. The molecule has 0 bridgehead atoms. The normalized spacial score (nSPS) is 12.5. The van der Waals surface area contributed by atoms with Crippen LogP contribution in [-0.4, -0.2) is 28.8 Å². The van der Waals surface area contributed by atoms with Gasteiger partial charge in [0.1, 0.15) is 6.04 Å². The highest BCUT2D eigenvalue weighted by molar-refractivity contribution is 5.97. The van der Waals surface area contributed by atoms with Crippen molar-refractivity contribution in [2.24, 2.45) is 5.73 Å². The molecule has 2 amide bonds. The number of rotatable bonds is 5. The summed E-state index contributed by atoms with van der Waals surface area (Å²) in [6, 6.07) is 3.92. The van der Waals surface area contributed by atoms with Crippen molar-refractivity contribution in [1.29, 1.82) is 0 Å². The predicted octanol–water partition coefficient (Wildman–Crippen LogP) is 0.807. The van der Waals surface area contributed by atoms with Crippen molar-refractivity contribution in [3.8, 4) is 0 Å². The van der Waals surface area contributed by atoms with Crippen LogP contribution in [0.3, 0.4) is 0 Å². The van der Waals surface area contributed by atoms with Gasteiger partial charge in [0.25, 0.3) is 5.69 Å². The second-order valence-electron chi connectivity index (χ2n) is 4.31. The number of hydrogen-bond acceptors (Lipinski definition) is 5.